The molecule has 0 aromatic carbocycles. The van der Waals surface area contributed by atoms with Crippen LogP contribution in [0.3, 0.4) is 0 Å². The highest BCUT2D eigenvalue weighted by atomic mass is 35.5. The molecule has 1 aromatic heterocycles. The molecule has 15 heavy (non-hydrogen) atoms. The van der Waals surface area contributed by atoms with E-state index >= 15 is 0 Å². The van der Waals surface area contributed by atoms with Crippen LogP contribution in [0, 0.1) is 0 Å². The molecule has 2 rings (SSSR count). The highest BCUT2D eigenvalue weighted by Gasteiger charge is 2.19. The lowest BCUT2D eigenvalue weighted by atomic mass is 9.98. The fourth-order valence-corrected chi connectivity index (χ4v) is 3.13. The number of halogens is 2. The van der Waals surface area contributed by atoms with Gasteiger partial charge in [0.2, 0.25) is 0 Å². The Labute approximate surface area is 103 Å². The molecule has 0 fully saturated rings. The summed E-state index contributed by atoms with van der Waals surface area (Å²) in [7, 11) is 0. The molecule has 2 heterocycles. The largest absolute Gasteiger partial charge is 0.501 e. The Morgan fingerprint density at radius 1 is 1.47 bits per heavy atom. The summed E-state index contributed by atoms with van der Waals surface area (Å²) in [6.07, 6.45) is 3.72. The molecule has 0 saturated heterocycles. The van der Waals surface area contributed by atoms with Gasteiger partial charge in [0.25, 0.3) is 0 Å². The third-order valence-corrected chi connectivity index (χ3v) is 3.90. The van der Waals surface area contributed by atoms with Crippen molar-refractivity contribution in [2.75, 3.05) is 6.61 Å². The number of thiophene rings is 1. The number of hydrogen-bond donors (Lipinski definition) is 1. The molecule has 1 aliphatic rings. The number of hydrogen-bond acceptors (Lipinski definition) is 3. The van der Waals surface area contributed by atoms with Gasteiger partial charge in [-0.1, -0.05) is 23.2 Å². The molecular formula is C10H11Cl2NOS. The molecule has 2 N–H and O–H groups in total. The molecule has 5 heteroatoms. The third-order valence-electron chi connectivity index (χ3n) is 2.38. The number of rotatable bonds is 2. The standard InChI is InChI=1S/C10H11Cl2NOS/c11-8-4-7(10(12)15-8)9(13)6-2-1-3-14-5-6/h4-5,9H,1-3,13H2. The zero-order chi connectivity index (χ0) is 10.8. The van der Waals surface area contributed by atoms with Gasteiger partial charge in [-0.05, 0) is 24.5 Å². The molecule has 1 aromatic rings. The maximum atomic E-state index is 6.10. The Balaban J connectivity index is 2.23. The molecule has 0 saturated carbocycles. The molecular weight excluding hydrogens is 253 g/mol. The predicted octanol–water partition coefficient (Wildman–Crippen LogP) is 3.75. The van der Waals surface area contributed by atoms with Gasteiger partial charge >= 0.3 is 0 Å². The third kappa shape index (κ3) is 2.48. The lowest BCUT2D eigenvalue weighted by molar-refractivity contribution is 0.221. The molecule has 1 aliphatic heterocycles. The average Bonchev–Trinajstić information content (AvgIpc) is 2.58. The Hall–Kier alpha value is -0.220. The summed E-state index contributed by atoms with van der Waals surface area (Å²) < 4.78 is 6.59. The van der Waals surface area contributed by atoms with Gasteiger partial charge in [-0.3, -0.25) is 0 Å². The van der Waals surface area contributed by atoms with Gasteiger partial charge in [-0.2, -0.15) is 0 Å². The smallest absolute Gasteiger partial charge is 0.0995 e. The first-order valence-corrected chi connectivity index (χ1v) is 6.26. The van der Waals surface area contributed by atoms with E-state index in [0.29, 0.717) is 8.67 Å². The normalized spacial score (nSPS) is 18.2. The topological polar surface area (TPSA) is 35.2 Å². The summed E-state index contributed by atoms with van der Waals surface area (Å²) in [5.74, 6) is 0. The molecule has 0 amide bonds. The quantitative estimate of drug-likeness (QED) is 0.882. The summed E-state index contributed by atoms with van der Waals surface area (Å²) >= 11 is 13.3. The van der Waals surface area contributed by atoms with Crippen molar-refractivity contribution < 1.29 is 4.74 Å². The van der Waals surface area contributed by atoms with Crippen LogP contribution >= 0.6 is 34.5 Å². The number of ether oxygens (including phenoxy) is 1. The van der Waals surface area contributed by atoms with E-state index in [-0.39, 0.29) is 6.04 Å². The van der Waals surface area contributed by atoms with E-state index in [0.717, 1.165) is 30.6 Å². The minimum atomic E-state index is -0.193. The average molecular weight is 264 g/mol. The zero-order valence-corrected chi connectivity index (χ0v) is 10.3. The van der Waals surface area contributed by atoms with Gasteiger partial charge in [0, 0.05) is 5.56 Å². The maximum absolute atomic E-state index is 6.10. The molecule has 2 nitrogen and oxygen atoms in total. The van der Waals surface area contributed by atoms with Gasteiger partial charge in [-0.15, -0.1) is 11.3 Å². The first-order valence-electron chi connectivity index (χ1n) is 4.69. The Morgan fingerprint density at radius 2 is 2.27 bits per heavy atom. The van der Waals surface area contributed by atoms with Crippen molar-refractivity contribution >= 4 is 34.5 Å². The lowest BCUT2D eigenvalue weighted by Gasteiger charge is -2.19. The Bertz CT molecular complexity index is 389. The summed E-state index contributed by atoms with van der Waals surface area (Å²) in [5, 5.41) is 0. The van der Waals surface area contributed by atoms with Crippen LogP contribution in [0.25, 0.3) is 0 Å². The van der Waals surface area contributed by atoms with Crippen molar-refractivity contribution in [3.63, 3.8) is 0 Å². The first kappa shape index (κ1) is 11.3. The molecule has 0 aliphatic carbocycles. The van der Waals surface area contributed by atoms with Crippen LogP contribution in [-0.4, -0.2) is 6.61 Å². The Kier molecular flexibility index (Phi) is 3.57. The van der Waals surface area contributed by atoms with E-state index in [4.69, 9.17) is 33.7 Å². The van der Waals surface area contributed by atoms with E-state index in [9.17, 15) is 0 Å². The van der Waals surface area contributed by atoms with Gasteiger partial charge in [0.15, 0.2) is 0 Å². The molecule has 82 valence electrons. The van der Waals surface area contributed by atoms with Crippen molar-refractivity contribution in [1.29, 1.82) is 0 Å². The van der Waals surface area contributed by atoms with Crippen molar-refractivity contribution in [3.8, 4) is 0 Å². The second-order valence-electron chi connectivity index (χ2n) is 3.42. The van der Waals surface area contributed by atoms with E-state index in [1.807, 2.05) is 6.07 Å². The summed E-state index contributed by atoms with van der Waals surface area (Å²) in [6.45, 7) is 0.772. The van der Waals surface area contributed by atoms with Crippen LogP contribution in [0.4, 0.5) is 0 Å². The highest BCUT2D eigenvalue weighted by molar-refractivity contribution is 7.20. The second kappa shape index (κ2) is 4.74. The van der Waals surface area contributed by atoms with Crippen molar-refractivity contribution in [2.45, 2.75) is 18.9 Å². The second-order valence-corrected chi connectivity index (χ2v) is 5.71. The summed E-state index contributed by atoms with van der Waals surface area (Å²) in [4.78, 5) is 0. The summed E-state index contributed by atoms with van der Waals surface area (Å²) in [5.41, 5.74) is 8.07. The minimum absolute atomic E-state index is 0.193. The van der Waals surface area contributed by atoms with Crippen molar-refractivity contribution in [2.24, 2.45) is 5.73 Å². The van der Waals surface area contributed by atoms with Gasteiger partial charge in [-0.25, -0.2) is 0 Å². The van der Waals surface area contributed by atoms with Crippen LogP contribution in [0.5, 0.6) is 0 Å². The van der Waals surface area contributed by atoms with Gasteiger partial charge in [0.1, 0.15) is 0 Å². The highest BCUT2D eigenvalue weighted by Crippen LogP contribution is 2.37. The molecule has 1 atom stereocenters. The van der Waals surface area contributed by atoms with Crippen LogP contribution in [0.15, 0.2) is 17.9 Å². The monoisotopic (exact) mass is 263 g/mol. The molecule has 0 bridgehead atoms. The van der Waals surface area contributed by atoms with E-state index in [1.54, 1.807) is 6.26 Å². The fourth-order valence-electron chi connectivity index (χ4n) is 1.58. The van der Waals surface area contributed by atoms with Gasteiger partial charge in [0.05, 0.1) is 27.6 Å². The van der Waals surface area contributed by atoms with Crippen LogP contribution in [-0.2, 0) is 4.74 Å². The van der Waals surface area contributed by atoms with Crippen LogP contribution in [0.2, 0.25) is 8.67 Å². The van der Waals surface area contributed by atoms with Crippen molar-refractivity contribution in [1.82, 2.24) is 0 Å². The minimum Gasteiger partial charge on any atom is -0.501 e. The predicted molar refractivity (Wildman–Crippen MR) is 64.5 cm³/mol. The van der Waals surface area contributed by atoms with Crippen LogP contribution < -0.4 is 5.73 Å². The molecule has 0 spiro atoms. The number of nitrogens with two attached hydrogens (primary N) is 1. The van der Waals surface area contributed by atoms with E-state index < -0.39 is 0 Å². The fraction of sp³-hybridized carbons (Fsp3) is 0.400. The molecule has 0 radical (unpaired) electrons. The first-order chi connectivity index (χ1) is 7.18. The van der Waals surface area contributed by atoms with Gasteiger partial charge < -0.3 is 10.5 Å². The SMILES string of the molecule is NC(C1=COCCC1)c1cc(Cl)sc1Cl. The lowest BCUT2D eigenvalue weighted by Crippen LogP contribution is -2.16. The van der Waals surface area contributed by atoms with E-state index in [1.165, 1.54) is 11.3 Å². The van der Waals surface area contributed by atoms with E-state index in [2.05, 4.69) is 0 Å². The molecule has 1 unspecified atom stereocenters. The maximum Gasteiger partial charge on any atom is 0.0995 e. The van der Waals surface area contributed by atoms with Crippen LogP contribution in [0.1, 0.15) is 24.4 Å². The zero-order valence-electron chi connectivity index (χ0n) is 8.00. The Morgan fingerprint density at radius 3 is 2.80 bits per heavy atom. The summed E-state index contributed by atoms with van der Waals surface area (Å²) in [6, 6.07) is 1.64. The van der Waals surface area contributed by atoms with Crippen molar-refractivity contribution in [3.05, 3.63) is 32.1 Å².